The number of nitrogens with two attached hydrogens (primary N) is 1. The van der Waals surface area contributed by atoms with Crippen molar-refractivity contribution in [3.05, 3.63) is 0 Å². The summed E-state index contributed by atoms with van der Waals surface area (Å²) in [6.07, 6.45) is 5.99. The second kappa shape index (κ2) is 7.41. The maximum Gasteiger partial charge on any atom is 0.239 e. The molecule has 0 bridgehead atoms. The Morgan fingerprint density at radius 2 is 1.80 bits per heavy atom. The zero-order valence-electron chi connectivity index (χ0n) is 13.2. The Labute approximate surface area is 123 Å². The molecule has 2 N–H and O–H groups in total. The van der Waals surface area contributed by atoms with E-state index in [0.29, 0.717) is 0 Å². The van der Waals surface area contributed by atoms with E-state index < -0.39 is 0 Å². The molecule has 0 aromatic rings. The van der Waals surface area contributed by atoms with E-state index in [2.05, 4.69) is 18.7 Å². The normalized spacial score (nSPS) is 24.9. The van der Waals surface area contributed by atoms with Crippen LogP contribution in [0.4, 0.5) is 0 Å². The molecule has 1 amide bonds. The van der Waals surface area contributed by atoms with Crippen molar-refractivity contribution in [2.75, 3.05) is 32.7 Å². The third-order valence-corrected chi connectivity index (χ3v) is 5.18. The van der Waals surface area contributed by atoms with E-state index in [1.54, 1.807) is 0 Å². The highest BCUT2D eigenvalue weighted by Crippen LogP contribution is 2.21. The minimum absolute atomic E-state index is 0.166. The molecule has 2 fully saturated rings. The van der Waals surface area contributed by atoms with Gasteiger partial charge in [0.2, 0.25) is 5.91 Å². The van der Waals surface area contributed by atoms with Crippen LogP contribution in [-0.4, -0.2) is 54.5 Å². The highest BCUT2D eigenvalue weighted by Gasteiger charge is 2.29. The lowest BCUT2D eigenvalue weighted by atomic mass is 9.94. The Bertz CT molecular complexity index is 307. The summed E-state index contributed by atoms with van der Waals surface area (Å²) in [4.78, 5) is 16.9. The van der Waals surface area contributed by atoms with Crippen molar-refractivity contribution in [2.24, 2.45) is 17.6 Å². The third kappa shape index (κ3) is 3.95. The van der Waals surface area contributed by atoms with E-state index in [1.807, 2.05) is 4.90 Å². The van der Waals surface area contributed by atoms with Crippen LogP contribution in [0.25, 0.3) is 0 Å². The zero-order chi connectivity index (χ0) is 14.5. The van der Waals surface area contributed by atoms with E-state index in [0.717, 1.165) is 38.3 Å². The minimum atomic E-state index is -0.310. The van der Waals surface area contributed by atoms with Crippen LogP contribution in [0.5, 0.6) is 0 Å². The molecule has 2 atom stereocenters. The molecule has 2 unspecified atom stereocenters. The van der Waals surface area contributed by atoms with Crippen molar-refractivity contribution in [3.8, 4) is 0 Å². The molecule has 0 aliphatic carbocycles. The number of piperidine rings is 1. The van der Waals surface area contributed by atoms with Crippen molar-refractivity contribution in [1.29, 1.82) is 0 Å². The molecule has 0 saturated carbocycles. The van der Waals surface area contributed by atoms with Crippen LogP contribution in [0.1, 0.15) is 46.0 Å². The Kier molecular flexibility index (Phi) is 5.85. The molecule has 0 aromatic heterocycles. The van der Waals surface area contributed by atoms with Gasteiger partial charge < -0.3 is 15.5 Å². The van der Waals surface area contributed by atoms with Gasteiger partial charge in [0.05, 0.1) is 6.04 Å². The molecular formula is C16H31N3O. The lowest BCUT2D eigenvalue weighted by Crippen LogP contribution is -2.50. The van der Waals surface area contributed by atoms with E-state index >= 15 is 0 Å². The number of hydrogen-bond donors (Lipinski definition) is 1. The summed E-state index contributed by atoms with van der Waals surface area (Å²) in [7, 11) is 0. The van der Waals surface area contributed by atoms with Crippen LogP contribution in [0.15, 0.2) is 0 Å². The summed E-state index contributed by atoms with van der Waals surface area (Å²) in [6, 6.07) is -0.310. The quantitative estimate of drug-likeness (QED) is 0.834. The lowest BCUT2D eigenvalue weighted by molar-refractivity contribution is -0.135. The SMILES string of the molecule is CCC(C)C(N)C(=O)N1CCC(CN2CCCC2)CC1. The molecule has 0 radical (unpaired) electrons. The van der Waals surface area contributed by atoms with Crippen LogP contribution in [0.3, 0.4) is 0 Å². The third-order valence-electron chi connectivity index (χ3n) is 5.18. The summed E-state index contributed by atoms with van der Waals surface area (Å²) in [5.74, 6) is 1.22. The van der Waals surface area contributed by atoms with Gasteiger partial charge in [0.25, 0.3) is 0 Å². The van der Waals surface area contributed by atoms with Crippen LogP contribution in [0.2, 0.25) is 0 Å². The second-order valence-corrected chi connectivity index (χ2v) is 6.69. The molecular weight excluding hydrogens is 250 g/mol. The number of likely N-dealkylation sites (tertiary alicyclic amines) is 2. The van der Waals surface area contributed by atoms with E-state index in [9.17, 15) is 4.79 Å². The average Bonchev–Trinajstić information content (AvgIpc) is 2.98. The van der Waals surface area contributed by atoms with E-state index in [-0.39, 0.29) is 17.9 Å². The first-order valence-corrected chi connectivity index (χ1v) is 8.38. The molecule has 2 aliphatic heterocycles. The number of carbonyl (C=O) groups excluding carboxylic acids is 1. The van der Waals surface area contributed by atoms with Gasteiger partial charge in [0.15, 0.2) is 0 Å². The Hall–Kier alpha value is -0.610. The number of hydrogen-bond acceptors (Lipinski definition) is 3. The summed E-state index contributed by atoms with van der Waals surface area (Å²) in [6.45, 7) is 9.77. The molecule has 116 valence electrons. The summed E-state index contributed by atoms with van der Waals surface area (Å²) < 4.78 is 0. The van der Waals surface area contributed by atoms with Gasteiger partial charge in [-0.1, -0.05) is 20.3 Å². The number of nitrogens with zero attached hydrogens (tertiary/aromatic N) is 2. The van der Waals surface area contributed by atoms with Gasteiger partial charge in [-0.3, -0.25) is 4.79 Å². The molecule has 0 spiro atoms. The van der Waals surface area contributed by atoms with Crippen LogP contribution in [0, 0.1) is 11.8 Å². The zero-order valence-corrected chi connectivity index (χ0v) is 13.2. The first-order chi connectivity index (χ1) is 9.61. The number of amides is 1. The second-order valence-electron chi connectivity index (χ2n) is 6.69. The van der Waals surface area contributed by atoms with Gasteiger partial charge in [0, 0.05) is 19.6 Å². The minimum Gasteiger partial charge on any atom is -0.341 e. The van der Waals surface area contributed by atoms with Gasteiger partial charge in [-0.05, 0) is 50.6 Å². The van der Waals surface area contributed by atoms with Crippen molar-refractivity contribution in [3.63, 3.8) is 0 Å². The van der Waals surface area contributed by atoms with Crippen molar-refractivity contribution in [1.82, 2.24) is 9.80 Å². The molecule has 0 aromatic carbocycles. The first-order valence-electron chi connectivity index (χ1n) is 8.38. The van der Waals surface area contributed by atoms with Crippen molar-refractivity contribution in [2.45, 2.75) is 52.0 Å². The fourth-order valence-corrected chi connectivity index (χ4v) is 3.37. The van der Waals surface area contributed by atoms with Gasteiger partial charge in [-0.15, -0.1) is 0 Å². The topological polar surface area (TPSA) is 49.6 Å². The molecule has 20 heavy (non-hydrogen) atoms. The monoisotopic (exact) mass is 281 g/mol. The van der Waals surface area contributed by atoms with Gasteiger partial charge in [-0.2, -0.15) is 0 Å². The molecule has 2 rings (SSSR count). The molecule has 4 heteroatoms. The molecule has 2 saturated heterocycles. The summed E-state index contributed by atoms with van der Waals surface area (Å²) >= 11 is 0. The van der Waals surface area contributed by atoms with Crippen LogP contribution in [-0.2, 0) is 4.79 Å². The van der Waals surface area contributed by atoms with Gasteiger partial charge >= 0.3 is 0 Å². The molecule has 2 aliphatic rings. The Morgan fingerprint density at radius 1 is 1.20 bits per heavy atom. The molecule has 2 heterocycles. The van der Waals surface area contributed by atoms with Crippen LogP contribution >= 0.6 is 0 Å². The number of rotatable bonds is 5. The molecule has 4 nitrogen and oxygen atoms in total. The largest absolute Gasteiger partial charge is 0.341 e. The fraction of sp³-hybridized carbons (Fsp3) is 0.938. The van der Waals surface area contributed by atoms with Gasteiger partial charge in [-0.25, -0.2) is 0 Å². The van der Waals surface area contributed by atoms with Gasteiger partial charge in [0.1, 0.15) is 0 Å². The predicted octanol–water partition coefficient (Wildman–Crippen LogP) is 1.69. The Balaban J connectivity index is 1.74. The van der Waals surface area contributed by atoms with Crippen molar-refractivity contribution >= 4 is 5.91 Å². The van der Waals surface area contributed by atoms with Crippen molar-refractivity contribution < 1.29 is 4.79 Å². The van der Waals surface area contributed by atoms with Crippen LogP contribution < -0.4 is 5.73 Å². The average molecular weight is 281 g/mol. The standard InChI is InChI=1S/C16H31N3O/c1-3-13(2)15(17)16(20)19-10-6-14(7-11-19)12-18-8-4-5-9-18/h13-15H,3-12,17H2,1-2H3. The number of carbonyl (C=O) groups is 1. The van der Waals surface area contributed by atoms with E-state index in [1.165, 1.54) is 32.5 Å². The highest BCUT2D eigenvalue weighted by molar-refractivity contribution is 5.82. The fourth-order valence-electron chi connectivity index (χ4n) is 3.37. The first kappa shape index (κ1) is 15.8. The predicted molar refractivity (Wildman–Crippen MR) is 82.4 cm³/mol. The summed E-state index contributed by atoms with van der Waals surface area (Å²) in [5.41, 5.74) is 6.07. The Morgan fingerprint density at radius 3 is 2.35 bits per heavy atom. The summed E-state index contributed by atoms with van der Waals surface area (Å²) in [5, 5.41) is 0. The highest BCUT2D eigenvalue weighted by atomic mass is 16.2. The lowest BCUT2D eigenvalue weighted by Gasteiger charge is -2.35. The smallest absolute Gasteiger partial charge is 0.239 e. The maximum absolute atomic E-state index is 12.3. The van der Waals surface area contributed by atoms with E-state index in [4.69, 9.17) is 5.73 Å². The maximum atomic E-state index is 12.3.